The summed E-state index contributed by atoms with van der Waals surface area (Å²) in [4.78, 5) is 0. The largest absolute Gasteiger partial charge is 0.381 e. The third kappa shape index (κ3) is 1.16. The first-order valence-electron chi connectivity index (χ1n) is 2.47. The lowest BCUT2D eigenvalue weighted by Crippen LogP contribution is -1.89. The third-order valence-corrected chi connectivity index (χ3v) is 2.09. The highest BCUT2D eigenvalue weighted by molar-refractivity contribution is 6.24. The predicted molar refractivity (Wildman–Crippen MR) is 29.9 cm³/mol. The highest BCUT2D eigenvalue weighted by Crippen LogP contribution is 2.13. The number of rotatable bonds is 0. The Morgan fingerprint density at radius 3 is 2.86 bits per heavy atom. The molecule has 0 radical (unpaired) electrons. The lowest BCUT2D eigenvalue weighted by Gasteiger charge is -1.89. The van der Waals surface area contributed by atoms with Gasteiger partial charge in [0.25, 0.3) is 0 Å². The molecular weight excluding hydrogens is 104 g/mol. The third-order valence-electron chi connectivity index (χ3n) is 1.17. The topological polar surface area (TPSA) is 9.23 Å². The van der Waals surface area contributed by atoms with Crippen LogP contribution in [0.1, 0.15) is 6.42 Å². The molecule has 1 fully saturated rings. The molecule has 0 aliphatic carbocycles. The first-order valence-corrected chi connectivity index (χ1v) is 3.63. The fourth-order valence-corrected chi connectivity index (χ4v) is 1.16. The summed E-state index contributed by atoms with van der Waals surface area (Å²) in [6.45, 7) is 1.82. The maximum absolute atomic E-state index is 5.38. The van der Waals surface area contributed by atoms with Crippen LogP contribution in [-0.4, -0.2) is 22.2 Å². The molecule has 0 aromatic rings. The van der Waals surface area contributed by atoms with Gasteiger partial charge in [0, 0.05) is 12.1 Å². The van der Waals surface area contributed by atoms with E-state index in [1.807, 2.05) is 0 Å². The summed E-state index contributed by atoms with van der Waals surface area (Å²) in [5, 5.41) is 0. The van der Waals surface area contributed by atoms with Gasteiger partial charge in [-0.25, -0.2) is 0 Å². The molecule has 0 amide bonds. The zero-order chi connectivity index (χ0) is 5.11. The van der Waals surface area contributed by atoms with Gasteiger partial charge in [-0.1, -0.05) is 0 Å². The van der Waals surface area contributed by atoms with Crippen molar-refractivity contribution in [2.45, 2.75) is 12.0 Å². The molecule has 0 aromatic carbocycles. The molecule has 7 heavy (non-hydrogen) atoms. The van der Waals surface area contributed by atoms with Crippen LogP contribution < -0.4 is 0 Å². The lowest BCUT2D eigenvalue weighted by atomic mass is 10.4. The molecule has 1 aliphatic heterocycles. The van der Waals surface area contributed by atoms with Crippen LogP contribution in [0.5, 0.6) is 0 Å². The molecule has 1 saturated heterocycles. The Balaban J connectivity index is 2.31. The van der Waals surface area contributed by atoms with Crippen LogP contribution in [0.4, 0.5) is 0 Å². The first kappa shape index (κ1) is 5.10. The van der Waals surface area contributed by atoms with Crippen molar-refractivity contribution in [2.24, 2.45) is 0 Å². The summed E-state index contributed by atoms with van der Waals surface area (Å²) in [6.07, 6.45) is 1.18. The second kappa shape index (κ2) is 2.31. The maximum atomic E-state index is 5.38. The highest BCUT2D eigenvalue weighted by Gasteiger charge is 2.10. The van der Waals surface area contributed by atoms with Crippen molar-refractivity contribution in [3.8, 4) is 6.00 Å². The summed E-state index contributed by atoms with van der Waals surface area (Å²) < 4.78 is 5.07. The number of hydrogen-bond donors (Lipinski definition) is 0. The van der Waals surface area contributed by atoms with E-state index in [0.717, 1.165) is 13.2 Å². The van der Waals surface area contributed by atoms with Gasteiger partial charge in [0.05, 0.1) is 6.61 Å². The second-order valence-corrected chi connectivity index (χ2v) is 2.88. The van der Waals surface area contributed by atoms with Gasteiger partial charge in [0.1, 0.15) is 0 Å². The Bertz CT molecular complexity index is 88.7. The normalized spacial score (nSPS) is 29.9. The van der Waals surface area contributed by atoms with Gasteiger partial charge in [-0.15, -0.1) is 0 Å². The van der Waals surface area contributed by atoms with Crippen LogP contribution in [0.2, 0.25) is 5.54 Å². The fourth-order valence-electron chi connectivity index (χ4n) is 0.666. The van der Waals surface area contributed by atoms with Gasteiger partial charge in [-0.05, 0) is 15.4 Å². The zero-order valence-corrected chi connectivity index (χ0v) is 5.18. The van der Waals surface area contributed by atoms with E-state index in [1.54, 1.807) is 0 Å². The van der Waals surface area contributed by atoms with Gasteiger partial charge in [-0.2, -0.15) is 6.00 Å². The highest BCUT2D eigenvalue weighted by atomic mass is 28.2. The Hall–Kier alpha value is -0.0431. The Kier molecular flexibility index (Phi) is 1.68. The van der Waals surface area contributed by atoms with Gasteiger partial charge >= 0.3 is 0 Å². The minimum Gasteiger partial charge on any atom is -0.381 e. The van der Waals surface area contributed by atoms with E-state index in [1.165, 1.54) is 6.42 Å². The van der Waals surface area contributed by atoms with E-state index in [2.05, 4.69) is 0 Å². The molecule has 0 aromatic heterocycles. The summed E-state index contributed by atoms with van der Waals surface area (Å²) in [5.74, 6) is 0. The quantitative estimate of drug-likeness (QED) is 0.414. The summed E-state index contributed by atoms with van der Waals surface area (Å²) in [7, 11) is 0.586. The molecule has 1 unspecified atom stereocenters. The first-order chi connectivity index (χ1) is 3.43. The minimum absolute atomic E-state index is 0.586. The van der Waals surface area contributed by atoms with Crippen molar-refractivity contribution in [3.05, 3.63) is 0 Å². The van der Waals surface area contributed by atoms with Crippen LogP contribution in [0.25, 0.3) is 0 Å². The molecule has 1 heterocycles. The fraction of sp³-hybridized carbons (Fsp3) is 0.800. The average Bonchev–Trinajstić information content (AvgIpc) is 2.14. The SMILES string of the molecule is C#[Si]C1CCOC1. The van der Waals surface area contributed by atoms with Crippen molar-refractivity contribution in [1.29, 1.82) is 0 Å². The maximum Gasteiger partial charge on any atom is 0.0553 e. The summed E-state index contributed by atoms with van der Waals surface area (Å²) in [6, 6.07) is 5.38. The minimum atomic E-state index is 0.586. The molecule has 0 saturated carbocycles. The predicted octanol–water partition coefficient (Wildman–Crippen LogP) is 0.488. The second-order valence-electron chi connectivity index (χ2n) is 1.73. The van der Waals surface area contributed by atoms with Crippen LogP contribution in [0.3, 0.4) is 0 Å². The molecule has 38 valence electrons. The van der Waals surface area contributed by atoms with Crippen molar-refractivity contribution < 1.29 is 4.74 Å². The molecule has 1 rings (SSSR count). The van der Waals surface area contributed by atoms with Gasteiger partial charge < -0.3 is 4.74 Å². The summed E-state index contributed by atoms with van der Waals surface area (Å²) >= 11 is 0. The molecule has 1 atom stereocenters. The van der Waals surface area contributed by atoms with E-state index in [9.17, 15) is 0 Å². The van der Waals surface area contributed by atoms with Crippen LogP contribution in [-0.2, 0) is 4.74 Å². The van der Waals surface area contributed by atoms with Gasteiger partial charge in [-0.3, -0.25) is 0 Å². The number of ether oxygens (including phenoxy) is 1. The van der Waals surface area contributed by atoms with Crippen molar-refractivity contribution >= 4 is 8.96 Å². The lowest BCUT2D eigenvalue weighted by molar-refractivity contribution is 0.198. The molecule has 1 aliphatic rings. The Morgan fingerprint density at radius 2 is 2.57 bits per heavy atom. The van der Waals surface area contributed by atoms with Crippen molar-refractivity contribution in [2.75, 3.05) is 13.2 Å². The van der Waals surface area contributed by atoms with E-state index < -0.39 is 0 Å². The average molecular weight is 112 g/mol. The van der Waals surface area contributed by atoms with Crippen molar-refractivity contribution in [1.82, 2.24) is 0 Å². The Labute approximate surface area is 45.8 Å². The van der Waals surface area contributed by atoms with Crippen LogP contribution in [0.15, 0.2) is 0 Å². The molecule has 2 heteroatoms. The van der Waals surface area contributed by atoms with Crippen LogP contribution >= 0.6 is 0 Å². The zero-order valence-electron chi connectivity index (χ0n) is 4.18. The Morgan fingerprint density at radius 1 is 1.71 bits per heavy atom. The monoisotopic (exact) mass is 112 g/mol. The molecule has 0 bridgehead atoms. The van der Waals surface area contributed by atoms with E-state index in [4.69, 9.17) is 10.7 Å². The number of hydrogen-bond acceptors (Lipinski definition) is 1. The van der Waals surface area contributed by atoms with E-state index in [0.29, 0.717) is 14.5 Å². The van der Waals surface area contributed by atoms with E-state index in [-0.39, 0.29) is 0 Å². The molecule has 0 spiro atoms. The van der Waals surface area contributed by atoms with Crippen molar-refractivity contribution in [3.63, 3.8) is 0 Å². The van der Waals surface area contributed by atoms with Crippen LogP contribution in [0, 0.1) is 6.00 Å². The molecular formula is C5H8OSi. The van der Waals surface area contributed by atoms with E-state index >= 15 is 0 Å². The standard InChI is InChI=1S/C5H8OSi/c1-7-5-2-3-6-4-5/h1,5H,2-4H2. The molecule has 0 N–H and O–H groups in total. The van der Waals surface area contributed by atoms with Gasteiger partial charge in [0.2, 0.25) is 0 Å². The molecule has 1 nitrogen and oxygen atoms in total. The van der Waals surface area contributed by atoms with Gasteiger partial charge in [0.15, 0.2) is 0 Å². The summed E-state index contributed by atoms with van der Waals surface area (Å²) in [5.41, 5.74) is 0.681. The smallest absolute Gasteiger partial charge is 0.0553 e.